The van der Waals surface area contributed by atoms with E-state index < -0.39 is 0 Å². The van der Waals surface area contributed by atoms with E-state index in [2.05, 4.69) is 20.2 Å². The maximum Gasteiger partial charge on any atom is 0.163 e. The number of nitrogen functional groups attached to an aromatic ring is 1. The summed E-state index contributed by atoms with van der Waals surface area (Å²) in [5.74, 6) is 0.957. The Morgan fingerprint density at radius 2 is 2.30 bits per heavy atom. The van der Waals surface area contributed by atoms with Crippen LogP contribution in [0.3, 0.4) is 0 Å². The lowest BCUT2D eigenvalue weighted by Gasteiger charge is -2.17. The van der Waals surface area contributed by atoms with Gasteiger partial charge in [-0.1, -0.05) is 11.6 Å². The topological polar surface area (TPSA) is 108 Å². The lowest BCUT2D eigenvalue weighted by atomic mass is 10.1. The molecule has 7 nitrogen and oxygen atoms in total. The number of nitrogens with two attached hydrogens (primary N) is 1. The number of rotatable bonds is 5. The molecule has 0 atom stereocenters. The Morgan fingerprint density at radius 3 is 3.00 bits per heavy atom. The molecule has 0 aromatic carbocycles. The van der Waals surface area contributed by atoms with Crippen LogP contribution < -0.4 is 10.6 Å². The van der Waals surface area contributed by atoms with Crippen molar-refractivity contribution >= 4 is 23.2 Å². The number of nitrogens with zero attached hydrogens (tertiary/aromatic N) is 5. The molecule has 0 amide bonds. The van der Waals surface area contributed by atoms with Crippen LogP contribution in [-0.2, 0) is 6.42 Å². The number of hydrogen-bond donors (Lipinski definition) is 2. The van der Waals surface area contributed by atoms with Crippen LogP contribution in [0.5, 0.6) is 0 Å². The highest BCUT2D eigenvalue weighted by Gasteiger charge is 2.10. The fraction of sp³-hybridized carbons (Fsp3) is 0.333. The zero-order chi connectivity index (χ0) is 14.5. The molecule has 0 bridgehead atoms. The minimum atomic E-state index is 0.247. The fourth-order valence-electron chi connectivity index (χ4n) is 1.82. The molecule has 104 valence electrons. The number of aromatic amines is 1. The van der Waals surface area contributed by atoms with Gasteiger partial charge in [0.2, 0.25) is 0 Å². The summed E-state index contributed by atoms with van der Waals surface area (Å²) in [6, 6.07) is 2.05. The van der Waals surface area contributed by atoms with Gasteiger partial charge in [0.25, 0.3) is 0 Å². The number of aromatic nitrogens is 4. The first-order valence-corrected chi connectivity index (χ1v) is 6.41. The highest BCUT2D eigenvalue weighted by molar-refractivity contribution is 6.29. The van der Waals surface area contributed by atoms with Crippen molar-refractivity contribution in [2.75, 3.05) is 24.2 Å². The first kappa shape index (κ1) is 14.1. The van der Waals surface area contributed by atoms with Crippen molar-refractivity contribution in [2.24, 2.45) is 0 Å². The van der Waals surface area contributed by atoms with Crippen molar-refractivity contribution < 1.29 is 0 Å². The molecular formula is C12H14ClN7. The predicted molar refractivity (Wildman–Crippen MR) is 76.3 cm³/mol. The summed E-state index contributed by atoms with van der Waals surface area (Å²) in [5.41, 5.74) is 6.77. The van der Waals surface area contributed by atoms with Crippen molar-refractivity contribution in [3.05, 3.63) is 28.8 Å². The lowest BCUT2D eigenvalue weighted by molar-refractivity contribution is 0.758. The van der Waals surface area contributed by atoms with Crippen LogP contribution in [0.4, 0.5) is 11.6 Å². The van der Waals surface area contributed by atoms with Crippen LogP contribution >= 0.6 is 11.6 Å². The summed E-state index contributed by atoms with van der Waals surface area (Å²) < 4.78 is 0. The second-order valence-electron chi connectivity index (χ2n) is 4.30. The number of aryl methyl sites for hydroxylation is 1. The van der Waals surface area contributed by atoms with Crippen molar-refractivity contribution in [3.8, 4) is 6.07 Å². The van der Waals surface area contributed by atoms with E-state index in [9.17, 15) is 0 Å². The number of H-pyrrole nitrogens is 1. The first-order valence-electron chi connectivity index (χ1n) is 6.03. The van der Waals surface area contributed by atoms with Crippen molar-refractivity contribution in [1.82, 2.24) is 20.2 Å². The van der Waals surface area contributed by atoms with E-state index >= 15 is 0 Å². The Morgan fingerprint density at radius 1 is 1.50 bits per heavy atom. The van der Waals surface area contributed by atoms with Crippen molar-refractivity contribution in [1.29, 1.82) is 5.26 Å². The minimum absolute atomic E-state index is 0.247. The van der Waals surface area contributed by atoms with Gasteiger partial charge in [0.15, 0.2) is 5.82 Å². The van der Waals surface area contributed by atoms with Gasteiger partial charge >= 0.3 is 0 Å². The highest BCUT2D eigenvalue weighted by atomic mass is 35.5. The van der Waals surface area contributed by atoms with Gasteiger partial charge in [0.1, 0.15) is 22.6 Å². The van der Waals surface area contributed by atoms with E-state index in [0.29, 0.717) is 23.0 Å². The van der Waals surface area contributed by atoms with Gasteiger partial charge in [-0.3, -0.25) is 10.1 Å². The summed E-state index contributed by atoms with van der Waals surface area (Å²) in [5, 5.41) is 15.9. The highest BCUT2D eigenvalue weighted by Crippen LogP contribution is 2.15. The molecule has 0 aliphatic heterocycles. The molecule has 0 radical (unpaired) electrons. The average Bonchev–Trinajstić information content (AvgIpc) is 2.79. The maximum absolute atomic E-state index is 8.97. The smallest absolute Gasteiger partial charge is 0.163 e. The Labute approximate surface area is 121 Å². The molecule has 0 fully saturated rings. The molecule has 0 aliphatic rings. The Balaban J connectivity index is 1.91. The Hall–Kier alpha value is -2.33. The molecule has 2 aromatic rings. The number of anilines is 2. The van der Waals surface area contributed by atoms with Crippen LogP contribution in [0, 0.1) is 11.3 Å². The third-order valence-corrected chi connectivity index (χ3v) is 3.07. The zero-order valence-corrected chi connectivity index (χ0v) is 11.7. The molecule has 20 heavy (non-hydrogen) atoms. The van der Waals surface area contributed by atoms with Crippen LogP contribution in [0.2, 0.25) is 5.15 Å². The van der Waals surface area contributed by atoms with Gasteiger partial charge in [0, 0.05) is 13.6 Å². The molecule has 2 heterocycles. The fourth-order valence-corrected chi connectivity index (χ4v) is 1.97. The third kappa shape index (κ3) is 3.16. The predicted octanol–water partition coefficient (Wildman–Crippen LogP) is 1.38. The van der Waals surface area contributed by atoms with Crippen LogP contribution in [0.1, 0.15) is 17.7 Å². The number of hydrogen-bond acceptors (Lipinski definition) is 6. The summed E-state index contributed by atoms with van der Waals surface area (Å²) >= 11 is 5.80. The van der Waals surface area contributed by atoms with E-state index in [0.717, 1.165) is 18.7 Å². The maximum atomic E-state index is 8.97. The standard InChI is InChI=1S/C12H14ClN7/c1-20(11-7-16-6-10(13)17-11)4-2-3-9-8(5-14)12(15)19-18-9/h6-7H,2-4H2,1H3,(H3,15,18,19). The van der Waals surface area contributed by atoms with Crippen LogP contribution in [0.25, 0.3) is 0 Å². The van der Waals surface area contributed by atoms with Gasteiger partial charge in [-0.15, -0.1) is 0 Å². The summed E-state index contributed by atoms with van der Waals surface area (Å²) in [7, 11) is 1.91. The summed E-state index contributed by atoms with van der Waals surface area (Å²) in [4.78, 5) is 10.1. The second-order valence-corrected chi connectivity index (χ2v) is 4.69. The first-order chi connectivity index (χ1) is 9.61. The van der Waals surface area contributed by atoms with Gasteiger partial charge in [-0.25, -0.2) is 4.98 Å². The molecule has 0 saturated heterocycles. The normalized spacial score (nSPS) is 10.2. The molecule has 3 N–H and O–H groups in total. The van der Waals surface area contributed by atoms with Crippen molar-refractivity contribution in [2.45, 2.75) is 12.8 Å². The van der Waals surface area contributed by atoms with E-state index in [-0.39, 0.29) is 5.82 Å². The quantitative estimate of drug-likeness (QED) is 0.861. The summed E-state index contributed by atoms with van der Waals surface area (Å²) in [6.45, 7) is 0.749. The van der Waals surface area contributed by atoms with Crippen LogP contribution in [0.15, 0.2) is 12.4 Å². The molecular weight excluding hydrogens is 278 g/mol. The Bertz CT molecular complexity index is 631. The minimum Gasteiger partial charge on any atom is -0.381 e. The number of nitriles is 1. The van der Waals surface area contributed by atoms with E-state index in [1.807, 2.05) is 18.0 Å². The SMILES string of the molecule is CN(CCCc1[nH]nc(N)c1C#N)c1cncc(Cl)n1. The molecule has 0 aliphatic carbocycles. The lowest BCUT2D eigenvalue weighted by Crippen LogP contribution is -2.20. The third-order valence-electron chi connectivity index (χ3n) is 2.88. The van der Waals surface area contributed by atoms with Gasteiger partial charge in [-0.2, -0.15) is 10.4 Å². The van der Waals surface area contributed by atoms with Gasteiger partial charge in [0.05, 0.1) is 18.1 Å². The van der Waals surface area contributed by atoms with Crippen LogP contribution in [-0.4, -0.2) is 33.8 Å². The molecule has 0 spiro atoms. The molecule has 8 heteroatoms. The summed E-state index contributed by atoms with van der Waals surface area (Å²) in [6.07, 6.45) is 4.65. The molecule has 2 rings (SSSR count). The monoisotopic (exact) mass is 291 g/mol. The van der Waals surface area contributed by atoms with Crippen molar-refractivity contribution in [3.63, 3.8) is 0 Å². The van der Waals surface area contributed by atoms with E-state index in [1.54, 1.807) is 6.20 Å². The van der Waals surface area contributed by atoms with E-state index in [1.165, 1.54) is 6.20 Å². The molecule has 2 aromatic heterocycles. The number of nitrogens with one attached hydrogen (secondary N) is 1. The average molecular weight is 292 g/mol. The Kier molecular flexibility index (Phi) is 4.38. The second kappa shape index (κ2) is 6.21. The van der Waals surface area contributed by atoms with Gasteiger partial charge in [-0.05, 0) is 12.8 Å². The largest absolute Gasteiger partial charge is 0.381 e. The van der Waals surface area contributed by atoms with Gasteiger partial charge < -0.3 is 10.6 Å². The molecule has 0 unspecified atom stereocenters. The van der Waals surface area contributed by atoms with E-state index in [4.69, 9.17) is 22.6 Å². The number of halogens is 1. The molecule has 0 saturated carbocycles. The zero-order valence-electron chi connectivity index (χ0n) is 11.0.